The van der Waals surface area contributed by atoms with E-state index in [-0.39, 0.29) is 5.91 Å². The molecule has 0 spiro atoms. The van der Waals surface area contributed by atoms with Gasteiger partial charge in [0.15, 0.2) is 0 Å². The van der Waals surface area contributed by atoms with Crippen molar-refractivity contribution in [3.05, 3.63) is 40.9 Å². The molecule has 0 atom stereocenters. The summed E-state index contributed by atoms with van der Waals surface area (Å²) in [6.07, 6.45) is 1.27. The molecule has 13 heavy (non-hydrogen) atoms. The van der Waals surface area contributed by atoms with Crippen molar-refractivity contribution in [3.63, 3.8) is 0 Å². The van der Waals surface area contributed by atoms with Crippen LogP contribution >= 0.6 is 0 Å². The minimum atomic E-state index is -0.262. The first kappa shape index (κ1) is 7.65. The first-order valence-corrected chi connectivity index (χ1v) is 3.76. The highest BCUT2D eigenvalue weighted by atomic mass is 16.1. The second-order valence-corrected chi connectivity index (χ2v) is 2.59. The van der Waals surface area contributed by atoms with E-state index in [4.69, 9.17) is 0 Å². The van der Waals surface area contributed by atoms with Crippen LogP contribution in [-0.4, -0.2) is 12.2 Å². The van der Waals surface area contributed by atoms with Crippen molar-refractivity contribution in [3.8, 4) is 0 Å². The zero-order chi connectivity index (χ0) is 9.26. The average molecular weight is 170 g/mol. The molecule has 62 valence electrons. The monoisotopic (exact) mass is 170 g/mol. The second-order valence-electron chi connectivity index (χ2n) is 2.59. The lowest BCUT2D eigenvalue weighted by molar-refractivity contribution is 0.100. The van der Waals surface area contributed by atoms with Crippen LogP contribution in [0.3, 0.4) is 0 Å². The third kappa shape index (κ3) is 1.21. The van der Waals surface area contributed by atoms with Crippen LogP contribution in [-0.2, 0) is 0 Å². The summed E-state index contributed by atoms with van der Waals surface area (Å²) in [5, 5.41) is 1.43. The van der Waals surface area contributed by atoms with Gasteiger partial charge in [0.05, 0.1) is 10.9 Å². The largest absolute Gasteiger partial charge is 0.280 e. The minimum absolute atomic E-state index is 0.262. The van der Waals surface area contributed by atoms with Gasteiger partial charge in [-0.25, -0.2) is 4.99 Å². The number of amides is 1. The van der Waals surface area contributed by atoms with Crippen molar-refractivity contribution in [2.75, 3.05) is 0 Å². The van der Waals surface area contributed by atoms with Crippen LogP contribution in [0.5, 0.6) is 0 Å². The molecule has 3 heteroatoms. The Morgan fingerprint density at radius 3 is 3.00 bits per heavy atom. The molecule has 0 N–H and O–H groups in total. The fourth-order valence-electron chi connectivity index (χ4n) is 1.14. The van der Waals surface area contributed by atoms with Crippen LogP contribution < -0.4 is 10.6 Å². The minimum Gasteiger partial charge on any atom is -0.267 e. The molecule has 2 rings (SSSR count). The van der Waals surface area contributed by atoms with Crippen molar-refractivity contribution < 1.29 is 4.79 Å². The van der Waals surface area contributed by atoms with E-state index in [1.54, 1.807) is 12.1 Å². The van der Waals surface area contributed by atoms with Gasteiger partial charge < -0.3 is 0 Å². The summed E-state index contributed by atoms with van der Waals surface area (Å²) in [6, 6.07) is 5.25. The maximum atomic E-state index is 11.2. The van der Waals surface area contributed by atoms with Crippen LogP contribution in [0, 0.1) is 0 Å². The van der Waals surface area contributed by atoms with E-state index in [1.807, 2.05) is 6.07 Å². The normalized spacial score (nSPS) is 13.1. The lowest BCUT2D eigenvalue weighted by atomic mass is 10.1. The van der Waals surface area contributed by atoms with Crippen LogP contribution in [0.25, 0.3) is 5.73 Å². The summed E-state index contributed by atoms with van der Waals surface area (Å²) in [6.45, 7) is 3.50. The molecule has 0 radical (unpaired) electrons. The molecule has 3 nitrogen and oxygen atoms in total. The lowest BCUT2D eigenvalue weighted by Gasteiger charge is -1.98. The molecule has 0 aliphatic carbocycles. The van der Waals surface area contributed by atoms with Gasteiger partial charge in [-0.1, -0.05) is 6.58 Å². The summed E-state index contributed by atoms with van der Waals surface area (Å²) in [5.41, 5.74) is 3.21. The maximum Gasteiger partial charge on any atom is 0.280 e. The number of fused-ring (bicyclic) bond motifs is 1. The molecule has 1 aromatic rings. The molecule has 0 saturated heterocycles. The van der Waals surface area contributed by atoms with Gasteiger partial charge in [0, 0.05) is 5.22 Å². The smallest absolute Gasteiger partial charge is 0.267 e. The molecule has 1 aromatic carbocycles. The fourth-order valence-corrected chi connectivity index (χ4v) is 1.14. The van der Waals surface area contributed by atoms with E-state index in [1.165, 1.54) is 6.34 Å². The van der Waals surface area contributed by atoms with Gasteiger partial charge in [0.2, 0.25) is 0 Å². The number of rotatable bonds is 0. The molecular formula is C10H6N2O. The van der Waals surface area contributed by atoms with E-state index >= 15 is 0 Å². The predicted molar refractivity (Wildman–Crippen MR) is 49.1 cm³/mol. The Labute approximate surface area is 74.5 Å². The van der Waals surface area contributed by atoms with E-state index in [0.717, 1.165) is 5.22 Å². The summed E-state index contributed by atoms with van der Waals surface area (Å²) in [4.78, 5) is 18.8. The van der Waals surface area contributed by atoms with Gasteiger partial charge in [0.25, 0.3) is 5.91 Å². The molecule has 1 aliphatic rings. The van der Waals surface area contributed by atoms with Crippen LogP contribution in [0.1, 0.15) is 10.4 Å². The highest BCUT2D eigenvalue weighted by Crippen LogP contribution is 1.94. The van der Waals surface area contributed by atoms with Crippen molar-refractivity contribution in [1.29, 1.82) is 0 Å². The van der Waals surface area contributed by atoms with E-state index in [0.29, 0.717) is 10.9 Å². The Morgan fingerprint density at radius 2 is 2.23 bits per heavy atom. The number of aliphatic imine (C=N–C) groups is 1. The summed E-state index contributed by atoms with van der Waals surface area (Å²) in [7, 11) is 0. The second kappa shape index (κ2) is 2.81. The average Bonchev–Trinajstić information content (AvgIpc) is 2.18. The predicted octanol–water partition coefficient (Wildman–Crippen LogP) is 0.0537. The quantitative estimate of drug-likeness (QED) is 0.542. The first-order chi connectivity index (χ1) is 6.31. The summed E-state index contributed by atoms with van der Waals surface area (Å²) < 4.78 is 0. The summed E-state index contributed by atoms with van der Waals surface area (Å²) >= 11 is 0. The first-order valence-electron chi connectivity index (χ1n) is 3.76. The number of carbonyl (C=O) groups excluding carboxylic acids is 1. The highest BCUT2D eigenvalue weighted by Gasteiger charge is 2.08. The number of nitrogens with zero attached hydrogens (tertiary/aromatic N) is 2. The van der Waals surface area contributed by atoms with E-state index in [9.17, 15) is 4.79 Å². The Bertz CT molecular complexity index is 537. The van der Waals surface area contributed by atoms with Crippen molar-refractivity contribution >= 4 is 18.0 Å². The molecule has 0 fully saturated rings. The van der Waals surface area contributed by atoms with Gasteiger partial charge in [-0.05, 0) is 18.2 Å². The van der Waals surface area contributed by atoms with Gasteiger partial charge in [-0.3, -0.25) is 4.79 Å². The Balaban J connectivity index is 2.87. The number of hydrogen-bond donors (Lipinski definition) is 0. The molecule has 1 amide bonds. The fraction of sp³-hybridized carbons (Fsp3) is 0. The van der Waals surface area contributed by atoms with Crippen molar-refractivity contribution in [1.82, 2.24) is 0 Å². The highest BCUT2D eigenvalue weighted by molar-refractivity contribution is 6.00. The zero-order valence-corrected chi connectivity index (χ0v) is 6.82. The SMILES string of the molecule is C=C=c1ccc2c(c1)C(=O)N=CN=2. The van der Waals surface area contributed by atoms with E-state index < -0.39 is 0 Å². The third-order valence-corrected chi connectivity index (χ3v) is 1.80. The van der Waals surface area contributed by atoms with Gasteiger partial charge in [0.1, 0.15) is 6.34 Å². The topological polar surface area (TPSA) is 41.8 Å². The van der Waals surface area contributed by atoms with Crippen molar-refractivity contribution in [2.45, 2.75) is 0 Å². The number of benzene rings is 1. The molecule has 1 heterocycles. The Hall–Kier alpha value is -1.99. The lowest BCUT2D eigenvalue weighted by Crippen LogP contribution is -2.21. The molecule has 0 saturated carbocycles. The standard InChI is InChI=1S/C10H6N2O/c1-2-7-3-4-9-8(5-7)10(13)12-6-11-9/h3-6H,1H2. The number of hydrogen-bond acceptors (Lipinski definition) is 2. The van der Waals surface area contributed by atoms with Gasteiger partial charge in [-0.2, -0.15) is 4.99 Å². The molecule has 0 bridgehead atoms. The van der Waals surface area contributed by atoms with Gasteiger partial charge >= 0.3 is 0 Å². The number of carbonyl (C=O) groups is 1. The Morgan fingerprint density at radius 1 is 1.38 bits per heavy atom. The van der Waals surface area contributed by atoms with Crippen LogP contribution in [0.15, 0.2) is 34.8 Å². The molecular weight excluding hydrogens is 164 g/mol. The van der Waals surface area contributed by atoms with Crippen LogP contribution in [0.4, 0.5) is 0 Å². The zero-order valence-electron chi connectivity index (χ0n) is 6.82. The Kier molecular flexibility index (Phi) is 1.65. The third-order valence-electron chi connectivity index (χ3n) is 1.80. The molecule has 0 unspecified atom stereocenters. The van der Waals surface area contributed by atoms with Gasteiger partial charge in [-0.15, -0.1) is 5.73 Å². The molecule has 0 aromatic heterocycles. The molecule has 1 aliphatic heterocycles. The maximum absolute atomic E-state index is 11.2. The van der Waals surface area contributed by atoms with E-state index in [2.05, 4.69) is 22.3 Å². The van der Waals surface area contributed by atoms with Crippen molar-refractivity contribution in [2.24, 2.45) is 9.98 Å². The van der Waals surface area contributed by atoms with Crippen LogP contribution in [0.2, 0.25) is 0 Å². The summed E-state index contributed by atoms with van der Waals surface area (Å²) in [5.74, 6) is -0.262.